The van der Waals surface area contributed by atoms with Gasteiger partial charge in [0.2, 0.25) is 0 Å². The number of ketones is 1. The number of hydrogen-bond acceptors (Lipinski definition) is 6. The summed E-state index contributed by atoms with van der Waals surface area (Å²) >= 11 is 0. The fourth-order valence-electron chi connectivity index (χ4n) is 4.03. The second-order valence-electron chi connectivity index (χ2n) is 7.56. The van der Waals surface area contributed by atoms with E-state index in [0.717, 1.165) is 5.56 Å². The molecule has 0 unspecified atom stereocenters. The Morgan fingerprint density at radius 2 is 2.00 bits per heavy atom. The van der Waals surface area contributed by atoms with Crippen molar-refractivity contribution in [2.45, 2.75) is 75.7 Å². The van der Waals surface area contributed by atoms with Crippen LogP contribution in [0.1, 0.15) is 38.7 Å². The van der Waals surface area contributed by atoms with Crippen LogP contribution in [0.15, 0.2) is 30.3 Å². The topological polar surface area (TPSA) is 74.2 Å². The standard InChI is InChI=1S/C19H24O6/c1-18(2)24-15-16(25-18)19(21)10-13(20)8-9-14(19)23-17(15)22-11-12-6-4-3-5-7-12/h3-7,14-17,21H,8-11H2,1-2H3/t14-,15-,16+,17-,19-/m0/s1. The Morgan fingerprint density at radius 1 is 1.24 bits per heavy atom. The van der Waals surface area contributed by atoms with Gasteiger partial charge in [0.05, 0.1) is 12.7 Å². The van der Waals surface area contributed by atoms with Crippen LogP contribution in [0.3, 0.4) is 0 Å². The molecule has 0 spiro atoms. The van der Waals surface area contributed by atoms with E-state index in [1.807, 2.05) is 30.3 Å². The Hall–Kier alpha value is -1.31. The van der Waals surface area contributed by atoms with Crippen LogP contribution in [-0.2, 0) is 30.3 Å². The summed E-state index contributed by atoms with van der Waals surface area (Å²) in [4.78, 5) is 11.9. The van der Waals surface area contributed by atoms with E-state index in [1.54, 1.807) is 13.8 Å². The normalized spacial score (nSPS) is 39.7. The molecule has 2 saturated heterocycles. The van der Waals surface area contributed by atoms with Gasteiger partial charge in [0.1, 0.15) is 23.6 Å². The minimum atomic E-state index is -1.36. The van der Waals surface area contributed by atoms with E-state index in [2.05, 4.69) is 0 Å². The molecule has 0 amide bonds. The molecule has 6 nitrogen and oxygen atoms in total. The number of carbonyl (C=O) groups excluding carboxylic acids is 1. The van der Waals surface area contributed by atoms with Crippen molar-refractivity contribution in [2.24, 2.45) is 0 Å². The Kier molecular flexibility index (Phi) is 4.21. The summed E-state index contributed by atoms with van der Waals surface area (Å²) in [6.07, 6.45) is -1.47. The second-order valence-corrected chi connectivity index (χ2v) is 7.56. The van der Waals surface area contributed by atoms with E-state index < -0.39 is 36.0 Å². The molecule has 1 aliphatic carbocycles. The minimum absolute atomic E-state index is 0.0260. The van der Waals surface area contributed by atoms with Gasteiger partial charge >= 0.3 is 0 Å². The molecule has 1 saturated carbocycles. The molecule has 136 valence electrons. The highest BCUT2D eigenvalue weighted by Gasteiger charge is 2.64. The molecule has 3 fully saturated rings. The zero-order valence-corrected chi connectivity index (χ0v) is 14.5. The van der Waals surface area contributed by atoms with Crippen LogP contribution in [0.2, 0.25) is 0 Å². The van der Waals surface area contributed by atoms with Crippen molar-refractivity contribution in [3.8, 4) is 0 Å². The van der Waals surface area contributed by atoms with Gasteiger partial charge < -0.3 is 24.1 Å². The lowest BCUT2D eigenvalue weighted by Gasteiger charge is -2.49. The van der Waals surface area contributed by atoms with E-state index in [0.29, 0.717) is 19.4 Å². The van der Waals surface area contributed by atoms with Crippen molar-refractivity contribution in [3.05, 3.63) is 35.9 Å². The van der Waals surface area contributed by atoms with Crippen LogP contribution in [0, 0.1) is 0 Å². The monoisotopic (exact) mass is 348 g/mol. The summed E-state index contributed by atoms with van der Waals surface area (Å²) in [5.41, 5.74) is -0.333. The summed E-state index contributed by atoms with van der Waals surface area (Å²) in [5.74, 6) is -0.837. The summed E-state index contributed by atoms with van der Waals surface area (Å²) < 4.78 is 23.9. The van der Waals surface area contributed by atoms with Crippen molar-refractivity contribution < 1.29 is 28.8 Å². The first kappa shape index (κ1) is 17.1. The summed E-state index contributed by atoms with van der Waals surface area (Å²) in [7, 11) is 0. The summed E-state index contributed by atoms with van der Waals surface area (Å²) in [6, 6.07) is 9.81. The van der Waals surface area contributed by atoms with Crippen LogP contribution >= 0.6 is 0 Å². The zero-order valence-electron chi connectivity index (χ0n) is 14.5. The Balaban J connectivity index is 1.56. The number of hydrogen-bond donors (Lipinski definition) is 1. The first-order valence-corrected chi connectivity index (χ1v) is 8.78. The predicted octanol–water partition coefficient (Wildman–Crippen LogP) is 1.93. The van der Waals surface area contributed by atoms with Gasteiger partial charge in [0.25, 0.3) is 0 Å². The van der Waals surface area contributed by atoms with Gasteiger partial charge in [-0.05, 0) is 25.8 Å². The van der Waals surface area contributed by atoms with E-state index in [9.17, 15) is 9.90 Å². The van der Waals surface area contributed by atoms with Crippen molar-refractivity contribution >= 4 is 5.78 Å². The van der Waals surface area contributed by atoms with E-state index in [-0.39, 0.29) is 12.2 Å². The summed E-state index contributed by atoms with van der Waals surface area (Å²) in [6.45, 7) is 3.97. The van der Waals surface area contributed by atoms with Gasteiger partial charge in [0, 0.05) is 12.8 Å². The summed E-state index contributed by atoms with van der Waals surface area (Å²) in [5, 5.41) is 11.2. The smallest absolute Gasteiger partial charge is 0.187 e. The number of aliphatic hydroxyl groups is 1. The third-order valence-electron chi connectivity index (χ3n) is 5.17. The van der Waals surface area contributed by atoms with Crippen molar-refractivity contribution in [1.82, 2.24) is 0 Å². The molecule has 4 rings (SSSR count). The van der Waals surface area contributed by atoms with Gasteiger partial charge in [-0.25, -0.2) is 0 Å². The van der Waals surface area contributed by atoms with Crippen molar-refractivity contribution in [1.29, 1.82) is 0 Å². The van der Waals surface area contributed by atoms with Crippen LogP contribution in [0.5, 0.6) is 0 Å². The SMILES string of the molecule is CC1(C)O[C@@H]2[C@@H](OCc3ccccc3)O[C@H]3CCC(=O)C[C@@]3(O)[C@@H]2O1. The maximum atomic E-state index is 11.9. The lowest BCUT2D eigenvalue weighted by Crippen LogP contribution is -2.67. The number of rotatable bonds is 3. The fraction of sp³-hybridized carbons (Fsp3) is 0.632. The lowest BCUT2D eigenvalue weighted by molar-refractivity contribution is -0.311. The average Bonchev–Trinajstić information content (AvgIpc) is 2.90. The number of Topliss-reactive ketones (excluding diaryl/α,β-unsaturated/α-hetero) is 1. The van der Waals surface area contributed by atoms with E-state index in [4.69, 9.17) is 18.9 Å². The van der Waals surface area contributed by atoms with Gasteiger partial charge in [-0.3, -0.25) is 4.79 Å². The molecule has 6 heteroatoms. The third kappa shape index (κ3) is 3.13. The molecular formula is C19H24O6. The quantitative estimate of drug-likeness (QED) is 0.900. The maximum Gasteiger partial charge on any atom is 0.187 e. The maximum absolute atomic E-state index is 11.9. The van der Waals surface area contributed by atoms with Crippen LogP contribution in [0.25, 0.3) is 0 Å². The van der Waals surface area contributed by atoms with Gasteiger partial charge in [-0.1, -0.05) is 30.3 Å². The molecule has 2 heterocycles. The molecule has 2 aliphatic heterocycles. The second kappa shape index (κ2) is 6.14. The predicted molar refractivity (Wildman–Crippen MR) is 87.5 cm³/mol. The highest BCUT2D eigenvalue weighted by atomic mass is 16.8. The third-order valence-corrected chi connectivity index (χ3v) is 5.17. The Labute approximate surface area is 147 Å². The Bertz CT molecular complexity index is 645. The number of benzene rings is 1. The van der Waals surface area contributed by atoms with Crippen molar-refractivity contribution in [2.75, 3.05) is 0 Å². The highest BCUT2D eigenvalue weighted by Crippen LogP contribution is 2.47. The molecule has 3 aliphatic rings. The molecule has 0 radical (unpaired) electrons. The molecule has 5 atom stereocenters. The van der Waals surface area contributed by atoms with E-state index >= 15 is 0 Å². The number of fused-ring (bicyclic) bond motifs is 3. The lowest BCUT2D eigenvalue weighted by atomic mass is 9.74. The highest BCUT2D eigenvalue weighted by molar-refractivity contribution is 5.80. The molecule has 0 aromatic heterocycles. The van der Waals surface area contributed by atoms with Gasteiger partial charge in [0.15, 0.2) is 12.1 Å². The van der Waals surface area contributed by atoms with Crippen LogP contribution < -0.4 is 0 Å². The molecule has 0 bridgehead atoms. The first-order valence-electron chi connectivity index (χ1n) is 8.78. The fourth-order valence-corrected chi connectivity index (χ4v) is 4.03. The van der Waals surface area contributed by atoms with Crippen LogP contribution in [-0.4, -0.2) is 46.9 Å². The number of ether oxygens (including phenoxy) is 4. The zero-order chi connectivity index (χ0) is 17.7. The van der Waals surface area contributed by atoms with Gasteiger partial charge in [-0.2, -0.15) is 0 Å². The average molecular weight is 348 g/mol. The Morgan fingerprint density at radius 3 is 2.76 bits per heavy atom. The first-order chi connectivity index (χ1) is 11.9. The molecule has 1 N–H and O–H groups in total. The molecule has 25 heavy (non-hydrogen) atoms. The largest absolute Gasteiger partial charge is 0.384 e. The van der Waals surface area contributed by atoms with E-state index in [1.165, 1.54) is 0 Å². The molecule has 1 aromatic rings. The molecular weight excluding hydrogens is 324 g/mol. The molecule has 1 aromatic carbocycles. The van der Waals surface area contributed by atoms with Crippen molar-refractivity contribution in [3.63, 3.8) is 0 Å². The van der Waals surface area contributed by atoms with Gasteiger partial charge in [-0.15, -0.1) is 0 Å². The van der Waals surface area contributed by atoms with Crippen LogP contribution in [0.4, 0.5) is 0 Å². The number of carbonyl (C=O) groups is 1. The minimum Gasteiger partial charge on any atom is -0.384 e.